The lowest BCUT2D eigenvalue weighted by molar-refractivity contribution is 0.446. The maximum Gasteiger partial charge on any atom is 0.194 e. The number of aromatic nitrogens is 1. The molecule has 0 N–H and O–H groups in total. The van der Waals surface area contributed by atoms with Gasteiger partial charge in [0.25, 0.3) is 0 Å². The molecule has 0 fully saturated rings. The topological polar surface area (TPSA) is 4.93 Å². The summed E-state index contributed by atoms with van der Waals surface area (Å²) in [6.45, 7) is 4.34. The Bertz CT molecular complexity index is 1120. The summed E-state index contributed by atoms with van der Waals surface area (Å²) in [6.07, 6.45) is 6.45. The van der Waals surface area contributed by atoms with Crippen LogP contribution in [0.4, 0.5) is 13.2 Å². The molecule has 0 amide bonds. The van der Waals surface area contributed by atoms with E-state index in [0.717, 1.165) is 72.5 Å². The van der Waals surface area contributed by atoms with Gasteiger partial charge in [-0.15, -0.1) is 0 Å². The van der Waals surface area contributed by atoms with Gasteiger partial charge in [0.2, 0.25) is 0 Å². The zero-order chi connectivity index (χ0) is 21.3. The highest BCUT2D eigenvalue weighted by Crippen LogP contribution is 2.34. The first-order valence-corrected chi connectivity index (χ1v) is 10.7. The zero-order valence-corrected chi connectivity index (χ0v) is 17.4. The van der Waals surface area contributed by atoms with E-state index in [1.165, 1.54) is 11.1 Å². The maximum atomic E-state index is 14.0. The van der Waals surface area contributed by atoms with Crippen LogP contribution >= 0.6 is 0 Å². The molecule has 3 aromatic carbocycles. The number of hydrogen-bond acceptors (Lipinski definition) is 0. The summed E-state index contributed by atoms with van der Waals surface area (Å²) in [7, 11) is 0. The molecular formula is C26H26F3N. The van der Waals surface area contributed by atoms with Crippen molar-refractivity contribution in [3.05, 3.63) is 77.1 Å². The number of aryl methyl sites for hydroxylation is 2. The van der Waals surface area contributed by atoms with Crippen molar-refractivity contribution < 1.29 is 13.2 Å². The Balaban J connectivity index is 1.98. The van der Waals surface area contributed by atoms with Crippen molar-refractivity contribution in [1.29, 1.82) is 0 Å². The summed E-state index contributed by atoms with van der Waals surface area (Å²) in [5, 5.41) is 2.11. The molecule has 0 radical (unpaired) electrons. The van der Waals surface area contributed by atoms with Gasteiger partial charge in [0.1, 0.15) is 0 Å². The van der Waals surface area contributed by atoms with Gasteiger partial charge >= 0.3 is 0 Å². The van der Waals surface area contributed by atoms with Crippen LogP contribution in [-0.2, 0) is 12.8 Å². The predicted molar refractivity (Wildman–Crippen MR) is 118 cm³/mol. The van der Waals surface area contributed by atoms with Gasteiger partial charge in [-0.3, -0.25) is 0 Å². The highest BCUT2D eigenvalue weighted by molar-refractivity contribution is 6.09. The van der Waals surface area contributed by atoms with Gasteiger partial charge in [-0.1, -0.05) is 38.8 Å². The molecule has 0 aliphatic heterocycles. The summed E-state index contributed by atoms with van der Waals surface area (Å²) in [5.41, 5.74) is 4.51. The van der Waals surface area contributed by atoms with Crippen LogP contribution in [0.3, 0.4) is 0 Å². The van der Waals surface area contributed by atoms with Gasteiger partial charge in [-0.05, 0) is 61.1 Å². The van der Waals surface area contributed by atoms with E-state index in [-0.39, 0.29) is 5.69 Å². The molecule has 0 saturated heterocycles. The van der Waals surface area contributed by atoms with E-state index >= 15 is 0 Å². The molecule has 0 aliphatic rings. The number of nitrogens with zero attached hydrogens (tertiary/aromatic N) is 1. The van der Waals surface area contributed by atoms with Gasteiger partial charge in [-0.25, -0.2) is 13.2 Å². The number of fused-ring (bicyclic) bond motifs is 3. The Morgan fingerprint density at radius 1 is 0.667 bits per heavy atom. The van der Waals surface area contributed by atoms with E-state index in [1.807, 2.05) is 16.7 Å². The van der Waals surface area contributed by atoms with E-state index in [4.69, 9.17) is 0 Å². The van der Waals surface area contributed by atoms with Crippen LogP contribution in [0.1, 0.15) is 50.7 Å². The lowest BCUT2D eigenvalue weighted by atomic mass is 10.0. The second-order valence-electron chi connectivity index (χ2n) is 7.97. The number of benzene rings is 3. The normalized spacial score (nSPS) is 11.6. The average Bonchev–Trinajstić information content (AvgIpc) is 3.07. The monoisotopic (exact) mass is 409 g/mol. The number of halogens is 3. The summed E-state index contributed by atoms with van der Waals surface area (Å²) in [5.74, 6) is -3.80. The minimum absolute atomic E-state index is 0.286. The third kappa shape index (κ3) is 3.71. The molecular weight excluding hydrogens is 383 g/mol. The van der Waals surface area contributed by atoms with Crippen LogP contribution in [0, 0.1) is 17.5 Å². The molecule has 0 atom stereocenters. The first kappa shape index (κ1) is 20.5. The molecule has 30 heavy (non-hydrogen) atoms. The van der Waals surface area contributed by atoms with Crippen molar-refractivity contribution in [2.75, 3.05) is 0 Å². The van der Waals surface area contributed by atoms with Crippen LogP contribution in [0.2, 0.25) is 0 Å². The van der Waals surface area contributed by atoms with Gasteiger partial charge in [-0.2, -0.15) is 0 Å². The van der Waals surface area contributed by atoms with Crippen molar-refractivity contribution in [2.24, 2.45) is 0 Å². The van der Waals surface area contributed by atoms with E-state index in [1.54, 1.807) is 0 Å². The molecule has 0 aliphatic carbocycles. The minimum Gasteiger partial charge on any atom is -0.309 e. The average molecular weight is 409 g/mol. The van der Waals surface area contributed by atoms with Crippen molar-refractivity contribution in [2.45, 2.75) is 52.4 Å². The number of hydrogen-bond donors (Lipinski definition) is 0. The molecule has 4 heteroatoms. The van der Waals surface area contributed by atoms with E-state index < -0.39 is 17.5 Å². The van der Waals surface area contributed by atoms with E-state index in [2.05, 4.69) is 38.1 Å². The SMILES string of the molecule is CCCCc1ccc2c(c1)c1cc(CCCC)ccc1n2-c1cc(F)c(F)c(F)c1. The maximum absolute atomic E-state index is 14.0. The van der Waals surface area contributed by atoms with Crippen LogP contribution < -0.4 is 0 Å². The molecule has 1 heterocycles. The molecule has 1 aromatic heterocycles. The third-order valence-electron chi connectivity index (χ3n) is 5.76. The molecule has 156 valence electrons. The van der Waals surface area contributed by atoms with Gasteiger partial charge in [0.15, 0.2) is 17.5 Å². The first-order valence-electron chi connectivity index (χ1n) is 10.7. The molecule has 1 nitrogen and oxygen atoms in total. The van der Waals surface area contributed by atoms with Crippen molar-refractivity contribution in [1.82, 2.24) is 4.57 Å². The summed E-state index contributed by atoms with van der Waals surface area (Å²) in [4.78, 5) is 0. The van der Waals surface area contributed by atoms with Crippen molar-refractivity contribution in [3.63, 3.8) is 0 Å². The highest BCUT2D eigenvalue weighted by Gasteiger charge is 2.17. The molecule has 0 spiro atoms. The first-order chi connectivity index (χ1) is 14.5. The van der Waals surface area contributed by atoms with Crippen LogP contribution in [0.25, 0.3) is 27.5 Å². The second-order valence-corrected chi connectivity index (χ2v) is 7.97. The number of rotatable bonds is 7. The summed E-state index contributed by atoms with van der Waals surface area (Å²) < 4.78 is 43.4. The van der Waals surface area contributed by atoms with E-state index in [9.17, 15) is 13.2 Å². The molecule has 4 aromatic rings. The van der Waals surface area contributed by atoms with Gasteiger partial charge < -0.3 is 4.57 Å². The molecule has 0 saturated carbocycles. The smallest absolute Gasteiger partial charge is 0.194 e. The second kappa shape index (κ2) is 8.55. The van der Waals surface area contributed by atoms with Crippen LogP contribution in [0.5, 0.6) is 0 Å². The third-order valence-corrected chi connectivity index (χ3v) is 5.76. The van der Waals surface area contributed by atoms with Crippen LogP contribution in [0.15, 0.2) is 48.5 Å². The zero-order valence-electron chi connectivity index (χ0n) is 17.4. The van der Waals surface area contributed by atoms with E-state index in [0.29, 0.717) is 0 Å². The Morgan fingerprint density at radius 2 is 1.13 bits per heavy atom. The largest absolute Gasteiger partial charge is 0.309 e. The lowest BCUT2D eigenvalue weighted by Crippen LogP contribution is -1.99. The lowest BCUT2D eigenvalue weighted by Gasteiger charge is -2.10. The Kier molecular flexibility index (Phi) is 5.85. The standard InChI is InChI=1S/C26H26F3N/c1-3-5-7-17-9-11-24-20(13-17)21-14-18(8-6-4-2)10-12-25(21)30(24)19-15-22(27)26(29)23(28)16-19/h9-16H,3-8H2,1-2H3. The fraction of sp³-hybridized carbons (Fsp3) is 0.308. The number of unbranched alkanes of at least 4 members (excludes halogenated alkanes) is 2. The minimum atomic E-state index is -1.44. The molecule has 0 unspecified atom stereocenters. The fourth-order valence-corrected chi connectivity index (χ4v) is 4.14. The quantitative estimate of drug-likeness (QED) is 0.274. The van der Waals surface area contributed by atoms with Gasteiger partial charge in [0, 0.05) is 22.9 Å². The fourth-order valence-electron chi connectivity index (χ4n) is 4.14. The Labute approximate surface area is 175 Å². The van der Waals surface area contributed by atoms with Crippen LogP contribution in [-0.4, -0.2) is 4.57 Å². The van der Waals surface area contributed by atoms with Crippen molar-refractivity contribution in [3.8, 4) is 5.69 Å². The Morgan fingerprint density at radius 3 is 1.57 bits per heavy atom. The van der Waals surface area contributed by atoms with Gasteiger partial charge in [0.05, 0.1) is 16.7 Å². The highest BCUT2D eigenvalue weighted by atomic mass is 19.2. The molecule has 4 rings (SSSR count). The predicted octanol–water partition coefficient (Wildman–Crippen LogP) is 7.89. The summed E-state index contributed by atoms with van der Waals surface area (Å²) >= 11 is 0. The Hall–Kier alpha value is -2.75. The molecule has 0 bridgehead atoms. The summed E-state index contributed by atoms with van der Waals surface area (Å²) in [6, 6.07) is 14.6. The van der Waals surface area contributed by atoms with Crippen molar-refractivity contribution >= 4 is 21.8 Å².